The van der Waals surface area contributed by atoms with Gasteiger partial charge in [0, 0.05) is 6.54 Å². The molecule has 0 saturated heterocycles. The number of hydrogen-bond acceptors (Lipinski definition) is 4. The first-order valence-electron chi connectivity index (χ1n) is 5.16. The van der Waals surface area contributed by atoms with Crippen LogP contribution in [0, 0.1) is 0 Å². The van der Waals surface area contributed by atoms with Crippen molar-refractivity contribution in [2.24, 2.45) is 0 Å². The molecule has 1 rings (SSSR count). The summed E-state index contributed by atoms with van der Waals surface area (Å²) < 4.78 is 10.2. The quantitative estimate of drug-likeness (QED) is 0.728. The van der Waals surface area contributed by atoms with E-state index in [1.165, 1.54) is 0 Å². The molecule has 0 heterocycles. The summed E-state index contributed by atoms with van der Waals surface area (Å²) in [5.74, 6) is 0.331. The van der Waals surface area contributed by atoms with E-state index < -0.39 is 0 Å². The van der Waals surface area contributed by atoms with Crippen LogP contribution in [0.25, 0.3) is 0 Å². The summed E-state index contributed by atoms with van der Waals surface area (Å²) in [6, 6.07) is 9.20. The minimum Gasteiger partial charge on any atom is -0.482 e. The summed E-state index contributed by atoms with van der Waals surface area (Å²) in [6.07, 6.45) is 0. The van der Waals surface area contributed by atoms with Crippen molar-refractivity contribution < 1.29 is 14.3 Å². The zero-order valence-corrected chi connectivity index (χ0v) is 10.9. The van der Waals surface area contributed by atoms with Crippen molar-refractivity contribution in [2.45, 2.75) is 0 Å². The maximum Gasteiger partial charge on any atom is 0.344 e. The highest BCUT2D eigenvalue weighted by molar-refractivity contribution is 5.85. The molecule has 0 aliphatic carbocycles. The molecule has 0 radical (unpaired) electrons. The van der Waals surface area contributed by atoms with Gasteiger partial charge in [-0.2, -0.15) is 0 Å². The Balaban J connectivity index is 0.00000256. The van der Waals surface area contributed by atoms with Gasteiger partial charge in [-0.1, -0.05) is 18.2 Å². The van der Waals surface area contributed by atoms with E-state index in [2.05, 4.69) is 0 Å². The lowest BCUT2D eigenvalue weighted by Gasteiger charge is -2.10. The molecule has 0 aliphatic rings. The van der Waals surface area contributed by atoms with Crippen molar-refractivity contribution in [2.75, 3.05) is 33.9 Å². The second-order valence-electron chi connectivity index (χ2n) is 3.63. The molecule has 0 fully saturated rings. The normalized spacial score (nSPS) is 9.59. The lowest BCUT2D eigenvalue weighted by Crippen LogP contribution is -2.22. The van der Waals surface area contributed by atoms with Gasteiger partial charge in [-0.15, -0.1) is 12.4 Å². The van der Waals surface area contributed by atoms with E-state index >= 15 is 0 Å². The summed E-state index contributed by atoms with van der Waals surface area (Å²) in [5, 5.41) is 0. The molecule has 0 saturated carbocycles. The third-order valence-corrected chi connectivity index (χ3v) is 1.90. The molecule has 96 valence electrons. The Morgan fingerprint density at radius 1 is 1.24 bits per heavy atom. The third kappa shape index (κ3) is 7.60. The number of esters is 1. The number of carbonyl (C=O) groups is 1. The monoisotopic (exact) mass is 259 g/mol. The van der Waals surface area contributed by atoms with Gasteiger partial charge >= 0.3 is 5.97 Å². The number of hydrogen-bond donors (Lipinski definition) is 0. The Morgan fingerprint density at radius 2 is 1.88 bits per heavy atom. The molecule has 0 amide bonds. The summed E-state index contributed by atoms with van der Waals surface area (Å²) >= 11 is 0. The molecule has 0 unspecified atom stereocenters. The van der Waals surface area contributed by atoms with Gasteiger partial charge in [0.2, 0.25) is 0 Å². The molecule has 0 N–H and O–H groups in total. The fourth-order valence-corrected chi connectivity index (χ4v) is 1.04. The number of ether oxygens (including phenoxy) is 2. The Morgan fingerprint density at radius 3 is 2.47 bits per heavy atom. The zero-order chi connectivity index (χ0) is 11.8. The van der Waals surface area contributed by atoms with Crippen LogP contribution in [0.4, 0.5) is 0 Å². The van der Waals surface area contributed by atoms with E-state index in [0.717, 1.165) is 6.54 Å². The van der Waals surface area contributed by atoms with E-state index in [0.29, 0.717) is 12.4 Å². The Hall–Kier alpha value is -1.26. The summed E-state index contributed by atoms with van der Waals surface area (Å²) in [7, 11) is 3.85. The molecular weight excluding hydrogens is 242 g/mol. The van der Waals surface area contributed by atoms with Crippen LogP contribution in [0.1, 0.15) is 0 Å². The number of para-hydroxylation sites is 1. The first kappa shape index (κ1) is 15.7. The van der Waals surface area contributed by atoms with E-state index in [-0.39, 0.29) is 25.0 Å². The van der Waals surface area contributed by atoms with E-state index in [1.54, 1.807) is 12.1 Å². The van der Waals surface area contributed by atoms with Crippen LogP contribution in [0.15, 0.2) is 30.3 Å². The van der Waals surface area contributed by atoms with Gasteiger partial charge < -0.3 is 14.4 Å². The first-order chi connectivity index (χ1) is 7.68. The van der Waals surface area contributed by atoms with Gasteiger partial charge in [0.05, 0.1) is 0 Å². The second kappa shape index (κ2) is 8.84. The topological polar surface area (TPSA) is 38.8 Å². The van der Waals surface area contributed by atoms with E-state index in [4.69, 9.17) is 9.47 Å². The SMILES string of the molecule is CN(C)CCOC(=O)COc1ccccc1.Cl. The largest absolute Gasteiger partial charge is 0.482 e. The number of benzene rings is 1. The minimum absolute atomic E-state index is 0. The molecule has 5 heteroatoms. The van der Waals surface area contributed by atoms with Crippen LogP contribution in [-0.4, -0.2) is 44.7 Å². The van der Waals surface area contributed by atoms with Crippen molar-refractivity contribution in [3.05, 3.63) is 30.3 Å². The van der Waals surface area contributed by atoms with Crippen LogP contribution >= 0.6 is 12.4 Å². The van der Waals surface area contributed by atoms with Gasteiger partial charge in [-0.25, -0.2) is 4.79 Å². The third-order valence-electron chi connectivity index (χ3n) is 1.90. The zero-order valence-electron chi connectivity index (χ0n) is 10.1. The maximum absolute atomic E-state index is 11.2. The molecule has 1 aromatic carbocycles. The van der Waals surface area contributed by atoms with Gasteiger partial charge in [-0.3, -0.25) is 0 Å². The highest BCUT2D eigenvalue weighted by Crippen LogP contribution is 2.07. The minimum atomic E-state index is -0.342. The maximum atomic E-state index is 11.2. The fourth-order valence-electron chi connectivity index (χ4n) is 1.04. The number of rotatable bonds is 6. The molecule has 1 aromatic rings. The molecule has 4 nitrogen and oxygen atoms in total. The van der Waals surface area contributed by atoms with Crippen molar-refractivity contribution in [1.29, 1.82) is 0 Å². The van der Waals surface area contributed by atoms with Crippen LogP contribution in [0.5, 0.6) is 5.75 Å². The van der Waals surface area contributed by atoms with Gasteiger partial charge in [0.1, 0.15) is 12.4 Å². The Kier molecular flexibility index (Phi) is 8.19. The second-order valence-corrected chi connectivity index (χ2v) is 3.63. The summed E-state index contributed by atoms with van der Waals surface area (Å²) in [4.78, 5) is 13.2. The molecule has 17 heavy (non-hydrogen) atoms. The predicted molar refractivity (Wildman–Crippen MR) is 68.7 cm³/mol. The summed E-state index contributed by atoms with van der Waals surface area (Å²) in [5.41, 5.74) is 0. The average Bonchev–Trinajstić information content (AvgIpc) is 2.27. The van der Waals surface area contributed by atoms with Crippen LogP contribution in [0.2, 0.25) is 0 Å². The lowest BCUT2D eigenvalue weighted by atomic mass is 10.3. The van der Waals surface area contributed by atoms with Crippen molar-refractivity contribution in [3.63, 3.8) is 0 Å². The van der Waals surface area contributed by atoms with Gasteiger partial charge in [-0.05, 0) is 26.2 Å². The molecule has 0 aromatic heterocycles. The molecule has 0 spiro atoms. The van der Waals surface area contributed by atoms with Crippen LogP contribution in [-0.2, 0) is 9.53 Å². The number of carbonyl (C=O) groups excluding carboxylic acids is 1. The Labute approximate surface area is 108 Å². The predicted octanol–water partition coefficient (Wildman–Crippen LogP) is 1.59. The van der Waals surface area contributed by atoms with Crippen molar-refractivity contribution >= 4 is 18.4 Å². The smallest absolute Gasteiger partial charge is 0.344 e. The fraction of sp³-hybridized carbons (Fsp3) is 0.417. The van der Waals surface area contributed by atoms with Gasteiger partial charge in [0.25, 0.3) is 0 Å². The standard InChI is InChI=1S/C12H17NO3.ClH/c1-13(2)8-9-15-12(14)10-16-11-6-4-3-5-7-11;/h3-7H,8-10H2,1-2H3;1H. The van der Waals surface area contributed by atoms with Crippen molar-refractivity contribution in [1.82, 2.24) is 4.90 Å². The molecular formula is C12H18ClNO3. The number of halogens is 1. The van der Waals surface area contributed by atoms with E-state index in [9.17, 15) is 4.79 Å². The molecule has 0 bridgehead atoms. The lowest BCUT2D eigenvalue weighted by molar-refractivity contribution is -0.146. The van der Waals surface area contributed by atoms with Crippen molar-refractivity contribution in [3.8, 4) is 5.75 Å². The number of likely N-dealkylation sites (N-methyl/N-ethyl adjacent to an activating group) is 1. The van der Waals surface area contributed by atoms with Gasteiger partial charge in [0.15, 0.2) is 6.61 Å². The molecule has 0 atom stereocenters. The first-order valence-corrected chi connectivity index (χ1v) is 5.16. The van der Waals surface area contributed by atoms with Crippen LogP contribution < -0.4 is 4.74 Å². The average molecular weight is 260 g/mol. The van der Waals surface area contributed by atoms with Crippen LogP contribution in [0.3, 0.4) is 0 Å². The Bertz CT molecular complexity index is 317. The highest BCUT2D eigenvalue weighted by Gasteiger charge is 2.03. The molecule has 0 aliphatic heterocycles. The summed E-state index contributed by atoms with van der Waals surface area (Å²) in [6.45, 7) is 1.07. The van der Waals surface area contributed by atoms with E-state index in [1.807, 2.05) is 37.2 Å². The number of nitrogens with zero attached hydrogens (tertiary/aromatic N) is 1. The highest BCUT2D eigenvalue weighted by atomic mass is 35.5.